The molecule has 3 nitrogen and oxygen atoms in total. The molecule has 1 aliphatic heterocycles. The Morgan fingerprint density at radius 3 is 3.07 bits per heavy atom. The van der Waals surface area contributed by atoms with Crippen LogP contribution in [0, 0.1) is 6.26 Å². The van der Waals surface area contributed by atoms with Crippen LogP contribution >= 0.6 is 10.8 Å². The van der Waals surface area contributed by atoms with Gasteiger partial charge in [0, 0.05) is 13.5 Å². The summed E-state index contributed by atoms with van der Waals surface area (Å²) in [6, 6.07) is 8.35. The van der Waals surface area contributed by atoms with Crippen molar-refractivity contribution in [2.75, 3.05) is 7.05 Å². The fraction of sp³-hybridized carbons (Fsp3) is 0.364. The van der Waals surface area contributed by atoms with Crippen molar-refractivity contribution in [1.82, 2.24) is 4.31 Å². The first-order valence-corrected chi connectivity index (χ1v) is 6.45. The van der Waals surface area contributed by atoms with Crippen LogP contribution in [-0.4, -0.2) is 22.0 Å². The van der Waals surface area contributed by atoms with Crippen LogP contribution in [0.2, 0.25) is 0 Å². The van der Waals surface area contributed by atoms with Crippen molar-refractivity contribution in [1.29, 1.82) is 0 Å². The van der Waals surface area contributed by atoms with Gasteiger partial charge in [-0.25, -0.2) is 0 Å². The van der Waals surface area contributed by atoms with E-state index in [-0.39, 0.29) is 12.1 Å². The van der Waals surface area contributed by atoms with E-state index in [1.807, 2.05) is 19.2 Å². The molecule has 0 spiro atoms. The van der Waals surface area contributed by atoms with Crippen LogP contribution < -0.4 is 0 Å². The van der Waals surface area contributed by atoms with E-state index in [1.54, 1.807) is 4.31 Å². The van der Waals surface area contributed by atoms with Crippen molar-refractivity contribution in [2.45, 2.75) is 18.6 Å². The van der Waals surface area contributed by atoms with E-state index in [1.165, 1.54) is 11.1 Å². The summed E-state index contributed by atoms with van der Waals surface area (Å²) < 4.78 is 17.1. The fourth-order valence-corrected chi connectivity index (χ4v) is 3.71. The molecule has 1 aromatic rings. The molecule has 1 heterocycles. The summed E-state index contributed by atoms with van der Waals surface area (Å²) in [7, 11) is -0.672. The minimum atomic E-state index is -2.49. The molecule has 0 amide bonds. The van der Waals surface area contributed by atoms with Crippen LogP contribution in [0.15, 0.2) is 24.3 Å². The van der Waals surface area contributed by atoms with Crippen LogP contribution in [0.25, 0.3) is 0 Å². The number of rotatable bonds is 0. The molecule has 4 heteroatoms. The maximum absolute atomic E-state index is 9.86. The lowest BCUT2D eigenvalue weighted by Gasteiger charge is -2.35. The first-order valence-electron chi connectivity index (χ1n) is 4.92. The van der Waals surface area contributed by atoms with Gasteiger partial charge in [-0.3, -0.25) is 8.74 Å². The molecule has 0 aromatic heterocycles. The Kier molecular flexibility index (Phi) is 1.92. The van der Waals surface area contributed by atoms with Crippen LogP contribution in [0.4, 0.5) is 0 Å². The Labute approximate surface area is 91.5 Å². The SMILES string of the molecule is [CH]S1(O)O[C@H]2Cc3ccccc3[C@H]2N1C. The molecule has 1 aliphatic carbocycles. The molecule has 80 valence electrons. The third kappa shape index (κ3) is 1.26. The Hall–Kier alpha value is -0.550. The van der Waals surface area contributed by atoms with E-state index in [0.717, 1.165) is 6.42 Å². The van der Waals surface area contributed by atoms with Gasteiger partial charge in [-0.15, -0.1) is 10.8 Å². The maximum Gasteiger partial charge on any atom is 0.111 e. The predicted octanol–water partition coefficient (Wildman–Crippen LogP) is 2.39. The molecular weight excluding hydrogens is 210 g/mol. The number of hydrogen-bond donors (Lipinski definition) is 1. The molecule has 1 saturated heterocycles. The normalized spacial score (nSPS) is 43.4. The van der Waals surface area contributed by atoms with Gasteiger partial charge in [-0.1, -0.05) is 24.3 Å². The van der Waals surface area contributed by atoms with Crippen LogP contribution in [0.3, 0.4) is 0 Å². The molecule has 2 radical (unpaired) electrons. The van der Waals surface area contributed by atoms with Crippen molar-refractivity contribution in [2.24, 2.45) is 0 Å². The zero-order chi connectivity index (χ0) is 10.6. The van der Waals surface area contributed by atoms with Gasteiger partial charge in [0.2, 0.25) is 0 Å². The van der Waals surface area contributed by atoms with Crippen molar-refractivity contribution in [3.05, 3.63) is 41.6 Å². The van der Waals surface area contributed by atoms with E-state index in [0.29, 0.717) is 0 Å². The Morgan fingerprint density at radius 2 is 2.27 bits per heavy atom. The van der Waals surface area contributed by atoms with Crippen molar-refractivity contribution in [3.63, 3.8) is 0 Å². The highest BCUT2D eigenvalue weighted by Crippen LogP contribution is 2.62. The first kappa shape index (κ1) is 9.66. The van der Waals surface area contributed by atoms with Gasteiger partial charge in [0.15, 0.2) is 0 Å². The second-order valence-electron chi connectivity index (χ2n) is 4.07. The Balaban J connectivity index is 2.05. The van der Waals surface area contributed by atoms with Crippen LogP contribution in [-0.2, 0) is 10.6 Å². The van der Waals surface area contributed by atoms with Gasteiger partial charge in [0.05, 0.1) is 6.04 Å². The summed E-state index contributed by atoms with van der Waals surface area (Å²) >= 11 is 0. The van der Waals surface area contributed by atoms with Gasteiger partial charge < -0.3 is 0 Å². The molecular formula is C11H13NO2S. The topological polar surface area (TPSA) is 32.7 Å². The number of fused-ring (bicyclic) bond motifs is 3. The van der Waals surface area contributed by atoms with Gasteiger partial charge in [0.1, 0.15) is 12.4 Å². The fourth-order valence-electron chi connectivity index (χ4n) is 2.47. The van der Waals surface area contributed by atoms with Gasteiger partial charge in [0.25, 0.3) is 0 Å². The lowest BCUT2D eigenvalue weighted by molar-refractivity contribution is 0.217. The lowest BCUT2D eigenvalue weighted by Crippen LogP contribution is -2.20. The summed E-state index contributed by atoms with van der Waals surface area (Å²) in [5.41, 5.74) is 2.54. The van der Waals surface area contributed by atoms with Crippen molar-refractivity contribution < 1.29 is 8.74 Å². The molecule has 15 heavy (non-hydrogen) atoms. The second kappa shape index (κ2) is 2.98. The average Bonchev–Trinajstić information content (AvgIpc) is 2.62. The zero-order valence-electron chi connectivity index (χ0n) is 8.46. The Morgan fingerprint density at radius 1 is 1.53 bits per heavy atom. The van der Waals surface area contributed by atoms with Crippen LogP contribution in [0.1, 0.15) is 17.2 Å². The molecule has 0 bridgehead atoms. The van der Waals surface area contributed by atoms with Crippen molar-refractivity contribution >= 4 is 10.8 Å². The summed E-state index contributed by atoms with van der Waals surface area (Å²) in [5.74, 6) is 0. The molecule has 1 unspecified atom stereocenters. The van der Waals surface area contributed by atoms with E-state index >= 15 is 0 Å². The summed E-state index contributed by atoms with van der Waals surface area (Å²) in [4.78, 5) is 0. The number of likely N-dealkylation sites (N-methyl/N-ethyl adjacent to an activating group) is 1. The highest BCUT2D eigenvalue weighted by molar-refractivity contribution is 8.24. The molecule has 1 fully saturated rings. The summed E-state index contributed by atoms with van der Waals surface area (Å²) in [6.07, 6.45) is 6.57. The minimum absolute atomic E-state index is 0.0115. The first-order chi connectivity index (χ1) is 7.09. The number of nitrogens with zero attached hydrogens (tertiary/aromatic N) is 1. The third-order valence-electron chi connectivity index (χ3n) is 3.22. The lowest BCUT2D eigenvalue weighted by atomic mass is 10.1. The minimum Gasteiger partial charge on any atom is -0.285 e. The van der Waals surface area contributed by atoms with E-state index in [4.69, 9.17) is 10.4 Å². The van der Waals surface area contributed by atoms with E-state index in [9.17, 15) is 4.55 Å². The molecule has 2 aliphatic rings. The quantitative estimate of drug-likeness (QED) is 0.733. The van der Waals surface area contributed by atoms with E-state index < -0.39 is 10.8 Å². The average molecular weight is 223 g/mol. The molecule has 3 atom stereocenters. The van der Waals surface area contributed by atoms with Gasteiger partial charge in [-0.2, -0.15) is 4.31 Å². The largest absolute Gasteiger partial charge is 0.285 e. The monoisotopic (exact) mass is 223 g/mol. The summed E-state index contributed by atoms with van der Waals surface area (Å²) in [6.45, 7) is 0. The molecule has 3 rings (SSSR count). The van der Waals surface area contributed by atoms with Crippen molar-refractivity contribution in [3.8, 4) is 0 Å². The predicted molar refractivity (Wildman–Crippen MR) is 60.0 cm³/mol. The van der Waals surface area contributed by atoms with Crippen LogP contribution in [0.5, 0.6) is 0 Å². The second-order valence-corrected chi connectivity index (χ2v) is 5.91. The number of benzene rings is 1. The zero-order valence-corrected chi connectivity index (χ0v) is 9.28. The standard InChI is InChI=1S/C11H13NO2S/c1-12-11-9-6-4-3-5-8(9)7-10(11)14-15(12,2)13/h2-6,10-11,13H,7H2,1H3/t10-,11+/m0/s1. The highest BCUT2D eigenvalue weighted by atomic mass is 32.3. The summed E-state index contributed by atoms with van der Waals surface area (Å²) in [5, 5.41) is 0. The molecule has 1 aromatic carbocycles. The number of hydrogen-bond acceptors (Lipinski definition) is 3. The van der Waals surface area contributed by atoms with E-state index in [2.05, 4.69) is 12.1 Å². The molecule has 1 N–H and O–H groups in total. The third-order valence-corrected chi connectivity index (χ3v) is 4.80. The molecule has 0 saturated carbocycles. The van der Waals surface area contributed by atoms with Gasteiger partial charge in [-0.05, 0) is 11.1 Å². The Bertz CT molecular complexity index is 407. The maximum atomic E-state index is 9.86. The smallest absolute Gasteiger partial charge is 0.111 e. The highest BCUT2D eigenvalue weighted by Gasteiger charge is 2.48. The van der Waals surface area contributed by atoms with Gasteiger partial charge >= 0.3 is 0 Å².